The molecule has 3 aromatic heterocycles. The minimum absolute atomic E-state index is 0.0820. The third-order valence-corrected chi connectivity index (χ3v) is 4.48. The molecule has 4 rings (SSSR count). The van der Waals surface area contributed by atoms with Crippen LogP contribution >= 0.6 is 0 Å². The van der Waals surface area contributed by atoms with Crippen LogP contribution in [0.25, 0.3) is 22.6 Å². The first-order valence-electron chi connectivity index (χ1n) is 9.12. The highest BCUT2D eigenvalue weighted by atomic mass is 19.1. The van der Waals surface area contributed by atoms with Crippen molar-refractivity contribution in [3.63, 3.8) is 0 Å². The molecule has 0 amide bonds. The van der Waals surface area contributed by atoms with Gasteiger partial charge in [-0.2, -0.15) is 15.1 Å². The first-order valence-corrected chi connectivity index (χ1v) is 9.12. The fourth-order valence-electron chi connectivity index (χ4n) is 3.10. The minimum atomic E-state index is -0.502. The van der Waals surface area contributed by atoms with Crippen LogP contribution in [0, 0.1) is 5.82 Å². The molecule has 0 bridgehead atoms. The number of pyridine rings is 1. The molecule has 1 aromatic carbocycles. The number of hydrogen-bond donors (Lipinski definition) is 1. The summed E-state index contributed by atoms with van der Waals surface area (Å²) in [7, 11) is 2.82. The first kappa shape index (κ1) is 20.0. The standard InChI is InChI=1S/C20H17FN8O2/c1-23-28-20-26-16(22)15-18(27-20)29(17(25-15)13-7-14(21)9-24-8-13)10-11-3-5-12(6-4-11)19(30)31-2/h3-9H,10H2,1-2H3,(H2,22,26,27). The molecule has 0 saturated heterocycles. The van der Waals surface area contributed by atoms with Gasteiger partial charge in [0.1, 0.15) is 11.6 Å². The number of benzene rings is 1. The Morgan fingerprint density at radius 3 is 2.65 bits per heavy atom. The second kappa shape index (κ2) is 8.22. The van der Waals surface area contributed by atoms with Crippen LogP contribution < -0.4 is 5.73 Å². The predicted octanol–water partition coefficient (Wildman–Crippen LogP) is 3.16. The van der Waals surface area contributed by atoms with Crippen molar-refractivity contribution in [1.82, 2.24) is 24.5 Å². The molecule has 4 aromatic rings. The number of azo groups is 1. The lowest BCUT2D eigenvalue weighted by Gasteiger charge is -2.10. The van der Waals surface area contributed by atoms with E-state index in [-0.39, 0.29) is 11.8 Å². The molecule has 3 heterocycles. The number of rotatable bonds is 5. The average molecular weight is 420 g/mol. The van der Waals surface area contributed by atoms with Crippen LogP contribution in [0.15, 0.2) is 53.0 Å². The van der Waals surface area contributed by atoms with Gasteiger partial charge in [-0.25, -0.2) is 14.2 Å². The van der Waals surface area contributed by atoms with Gasteiger partial charge in [0.05, 0.1) is 25.4 Å². The van der Waals surface area contributed by atoms with E-state index in [1.54, 1.807) is 28.8 Å². The van der Waals surface area contributed by atoms with Gasteiger partial charge in [-0.15, -0.1) is 5.11 Å². The zero-order valence-electron chi connectivity index (χ0n) is 16.7. The van der Waals surface area contributed by atoms with Crippen LogP contribution in [0.5, 0.6) is 0 Å². The molecule has 156 valence electrons. The summed E-state index contributed by atoms with van der Waals surface area (Å²) in [6.45, 7) is 0.308. The molecule has 0 unspecified atom stereocenters. The highest BCUT2D eigenvalue weighted by Crippen LogP contribution is 2.28. The first-order chi connectivity index (χ1) is 15.0. The van der Waals surface area contributed by atoms with Crippen LogP contribution in [-0.2, 0) is 11.3 Å². The Kier molecular flexibility index (Phi) is 5.31. The Morgan fingerprint density at radius 2 is 1.97 bits per heavy atom. The van der Waals surface area contributed by atoms with Crippen LogP contribution in [0.2, 0.25) is 0 Å². The van der Waals surface area contributed by atoms with Crippen LogP contribution in [-0.4, -0.2) is 44.6 Å². The van der Waals surface area contributed by atoms with Crippen molar-refractivity contribution in [1.29, 1.82) is 0 Å². The number of imidazole rings is 1. The van der Waals surface area contributed by atoms with E-state index < -0.39 is 11.8 Å². The lowest BCUT2D eigenvalue weighted by Crippen LogP contribution is -2.05. The van der Waals surface area contributed by atoms with E-state index in [0.29, 0.717) is 34.7 Å². The largest absolute Gasteiger partial charge is 0.465 e. The van der Waals surface area contributed by atoms with E-state index in [9.17, 15) is 9.18 Å². The topological polar surface area (TPSA) is 134 Å². The zero-order chi connectivity index (χ0) is 22.0. The molecule has 11 heteroatoms. The van der Waals surface area contributed by atoms with Gasteiger partial charge in [0.15, 0.2) is 17.0 Å². The van der Waals surface area contributed by atoms with Crippen molar-refractivity contribution in [3.05, 3.63) is 59.7 Å². The van der Waals surface area contributed by atoms with Crippen molar-refractivity contribution in [2.75, 3.05) is 19.9 Å². The van der Waals surface area contributed by atoms with Gasteiger partial charge >= 0.3 is 5.97 Å². The molecule has 0 radical (unpaired) electrons. The zero-order valence-corrected chi connectivity index (χ0v) is 16.7. The molecule has 10 nitrogen and oxygen atoms in total. The number of anilines is 1. The number of nitrogens with zero attached hydrogens (tertiary/aromatic N) is 7. The Balaban J connectivity index is 1.88. The van der Waals surface area contributed by atoms with Gasteiger partial charge < -0.3 is 15.0 Å². The predicted molar refractivity (Wildman–Crippen MR) is 110 cm³/mol. The second-order valence-corrected chi connectivity index (χ2v) is 6.48. The number of esters is 1. The van der Waals surface area contributed by atoms with E-state index in [1.807, 2.05) is 0 Å². The number of methoxy groups -OCH3 is 1. The van der Waals surface area contributed by atoms with E-state index >= 15 is 0 Å². The summed E-state index contributed by atoms with van der Waals surface area (Å²) in [5.74, 6) is -0.318. The van der Waals surface area contributed by atoms with Crippen LogP contribution in [0.1, 0.15) is 15.9 Å². The Hall–Kier alpha value is -4.28. The van der Waals surface area contributed by atoms with Crippen molar-refractivity contribution in [2.24, 2.45) is 10.2 Å². The maximum Gasteiger partial charge on any atom is 0.337 e. The van der Waals surface area contributed by atoms with Gasteiger partial charge in [-0.05, 0) is 23.8 Å². The molecule has 2 N–H and O–H groups in total. The van der Waals surface area contributed by atoms with E-state index in [4.69, 9.17) is 10.5 Å². The molecule has 0 fully saturated rings. The maximum atomic E-state index is 13.8. The van der Waals surface area contributed by atoms with Crippen molar-refractivity contribution in [3.8, 4) is 11.4 Å². The van der Waals surface area contributed by atoms with Gasteiger partial charge in [-0.1, -0.05) is 12.1 Å². The van der Waals surface area contributed by atoms with Gasteiger partial charge in [-0.3, -0.25) is 4.98 Å². The third kappa shape index (κ3) is 3.92. The van der Waals surface area contributed by atoms with Gasteiger partial charge in [0.2, 0.25) is 0 Å². The molecule has 0 aliphatic rings. The summed E-state index contributed by atoms with van der Waals surface area (Å²) >= 11 is 0. The fourth-order valence-corrected chi connectivity index (χ4v) is 3.10. The fraction of sp³-hybridized carbons (Fsp3) is 0.150. The number of aromatic nitrogens is 5. The Bertz CT molecular complexity index is 1300. The van der Waals surface area contributed by atoms with Crippen molar-refractivity contribution < 1.29 is 13.9 Å². The maximum absolute atomic E-state index is 13.8. The number of nitrogens with two attached hydrogens (primary N) is 1. The number of hydrogen-bond acceptors (Lipinski definition) is 9. The van der Waals surface area contributed by atoms with Gasteiger partial charge in [0.25, 0.3) is 5.95 Å². The summed E-state index contributed by atoms with van der Waals surface area (Å²) in [5.41, 5.74) is 8.54. The summed E-state index contributed by atoms with van der Waals surface area (Å²) in [6, 6.07) is 8.20. The number of ether oxygens (including phenoxy) is 1. The average Bonchev–Trinajstić information content (AvgIpc) is 3.13. The highest BCUT2D eigenvalue weighted by Gasteiger charge is 2.19. The SMILES string of the molecule is CN=Nc1nc(N)c2nc(-c3cncc(F)c3)n(Cc3ccc(C(=O)OC)cc3)c2n1. The molecular formula is C20H17FN8O2. The quantitative estimate of drug-likeness (QED) is 0.387. The van der Waals surface area contributed by atoms with E-state index in [2.05, 4.69) is 30.2 Å². The minimum Gasteiger partial charge on any atom is -0.465 e. The number of carbonyl (C=O) groups excluding carboxylic acids is 1. The summed E-state index contributed by atoms with van der Waals surface area (Å²) in [5, 5.41) is 7.55. The molecule has 0 spiro atoms. The molecular weight excluding hydrogens is 403 g/mol. The highest BCUT2D eigenvalue weighted by molar-refractivity contribution is 5.89. The van der Waals surface area contributed by atoms with Crippen molar-refractivity contribution >= 4 is 28.9 Å². The second-order valence-electron chi connectivity index (χ2n) is 6.48. The summed E-state index contributed by atoms with van der Waals surface area (Å²) < 4.78 is 20.3. The molecule has 0 saturated carbocycles. The monoisotopic (exact) mass is 420 g/mol. The van der Waals surface area contributed by atoms with Crippen LogP contribution in [0.3, 0.4) is 0 Å². The molecule has 31 heavy (non-hydrogen) atoms. The lowest BCUT2D eigenvalue weighted by atomic mass is 10.1. The number of nitrogen functional groups attached to an aromatic ring is 1. The van der Waals surface area contributed by atoms with E-state index in [1.165, 1.54) is 26.4 Å². The van der Waals surface area contributed by atoms with Crippen LogP contribution in [0.4, 0.5) is 16.2 Å². The van der Waals surface area contributed by atoms with E-state index in [0.717, 1.165) is 11.8 Å². The molecule has 0 aliphatic carbocycles. The van der Waals surface area contributed by atoms with Gasteiger partial charge in [0, 0.05) is 18.8 Å². The normalized spacial score (nSPS) is 11.3. The molecule has 0 atom stereocenters. The Morgan fingerprint density at radius 1 is 1.19 bits per heavy atom. The number of carbonyl (C=O) groups is 1. The number of fused-ring (bicyclic) bond motifs is 1. The van der Waals surface area contributed by atoms with Crippen molar-refractivity contribution in [2.45, 2.75) is 6.54 Å². The lowest BCUT2D eigenvalue weighted by molar-refractivity contribution is 0.0600. The summed E-state index contributed by atoms with van der Waals surface area (Å²) in [6.07, 6.45) is 2.60. The smallest absolute Gasteiger partial charge is 0.337 e. The number of halogens is 1. The summed E-state index contributed by atoms with van der Waals surface area (Å²) in [4.78, 5) is 28.6. The molecule has 0 aliphatic heterocycles. The Labute approximate surface area is 175 Å². The third-order valence-electron chi connectivity index (χ3n) is 4.48.